The van der Waals surface area contributed by atoms with Crippen molar-refractivity contribution in [2.24, 2.45) is 11.1 Å². The van der Waals surface area contributed by atoms with Gasteiger partial charge in [0.2, 0.25) is 5.91 Å². The summed E-state index contributed by atoms with van der Waals surface area (Å²) in [5.41, 5.74) is 6.14. The average molecular weight is 316 g/mol. The number of hydrogen-bond donors (Lipinski definition) is 2. The van der Waals surface area contributed by atoms with Gasteiger partial charge in [0.05, 0.1) is 11.8 Å². The van der Waals surface area contributed by atoms with E-state index in [4.69, 9.17) is 10.2 Å². The van der Waals surface area contributed by atoms with Crippen molar-refractivity contribution in [3.8, 4) is 0 Å². The Bertz CT molecular complexity index is 492. The van der Waals surface area contributed by atoms with E-state index in [1.807, 2.05) is 0 Å². The Morgan fingerprint density at radius 3 is 2.81 bits per heavy atom. The normalized spacial score (nSPS) is 22.5. The zero-order valence-electron chi connectivity index (χ0n) is 12.3. The van der Waals surface area contributed by atoms with Crippen molar-refractivity contribution in [1.29, 1.82) is 0 Å². The minimum atomic E-state index is -0.558. The summed E-state index contributed by atoms with van der Waals surface area (Å²) in [6, 6.07) is 1.01. The number of nitrogens with two attached hydrogens (primary N) is 1. The van der Waals surface area contributed by atoms with Gasteiger partial charge in [-0.25, -0.2) is 0 Å². The molecule has 0 aliphatic carbocycles. The Balaban J connectivity index is 0.00000220. The maximum atomic E-state index is 12.3. The number of carbonyl (C=O) groups excluding carboxylic acids is 2. The SMILES string of the molecule is CC(NC(=O)c1ccoc1)C(=O)N1CCC(C)(CN)C1.Cl. The van der Waals surface area contributed by atoms with E-state index in [1.165, 1.54) is 12.5 Å². The fraction of sp³-hybridized carbons (Fsp3) is 0.571. The molecule has 0 spiro atoms. The molecule has 6 nitrogen and oxygen atoms in total. The number of nitrogens with one attached hydrogen (secondary N) is 1. The number of nitrogens with zero attached hydrogens (tertiary/aromatic N) is 1. The largest absolute Gasteiger partial charge is 0.472 e. The van der Waals surface area contributed by atoms with Crippen molar-refractivity contribution < 1.29 is 14.0 Å². The number of carbonyl (C=O) groups is 2. The van der Waals surface area contributed by atoms with Crippen molar-refractivity contribution in [2.75, 3.05) is 19.6 Å². The molecule has 1 aromatic heterocycles. The predicted octanol–water partition coefficient (Wildman–Crippen LogP) is 1.02. The van der Waals surface area contributed by atoms with Crippen molar-refractivity contribution in [3.05, 3.63) is 24.2 Å². The zero-order valence-corrected chi connectivity index (χ0v) is 13.1. The van der Waals surface area contributed by atoms with E-state index in [0.29, 0.717) is 25.2 Å². The quantitative estimate of drug-likeness (QED) is 0.868. The van der Waals surface area contributed by atoms with Gasteiger partial charge in [0.25, 0.3) is 5.91 Å². The molecule has 0 saturated carbocycles. The van der Waals surface area contributed by atoms with Gasteiger partial charge in [-0.3, -0.25) is 9.59 Å². The highest BCUT2D eigenvalue weighted by Crippen LogP contribution is 2.28. The van der Waals surface area contributed by atoms with Crippen LogP contribution >= 0.6 is 12.4 Å². The first-order valence-electron chi connectivity index (χ1n) is 6.77. The highest BCUT2D eigenvalue weighted by atomic mass is 35.5. The Kier molecular flexibility index (Phi) is 5.80. The molecule has 3 N–H and O–H groups in total. The number of likely N-dealkylation sites (tertiary alicyclic amines) is 1. The average Bonchev–Trinajstić information content (AvgIpc) is 3.07. The predicted molar refractivity (Wildman–Crippen MR) is 81.2 cm³/mol. The van der Waals surface area contributed by atoms with Crippen LogP contribution in [0.15, 0.2) is 23.0 Å². The highest BCUT2D eigenvalue weighted by molar-refractivity contribution is 5.97. The molecule has 1 saturated heterocycles. The summed E-state index contributed by atoms with van der Waals surface area (Å²) in [4.78, 5) is 25.9. The minimum Gasteiger partial charge on any atom is -0.472 e. The van der Waals surface area contributed by atoms with Crippen LogP contribution in [0.5, 0.6) is 0 Å². The van der Waals surface area contributed by atoms with Gasteiger partial charge in [0.1, 0.15) is 12.3 Å². The summed E-state index contributed by atoms with van der Waals surface area (Å²) >= 11 is 0. The third-order valence-corrected chi connectivity index (χ3v) is 3.86. The lowest BCUT2D eigenvalue weighted by atomic mass is 9.90. The van der Waals surface area contributed by atoms with E-state index in [-0.39, 0.29) is 29.6 Å². The van der Waals surface area contributed by atoms with Crippen LogP contribution in [0.1, 0.15) is 30.6 Å². The van der Waals surface area contributed by atoms with Crippen LogP contribution in [0.4, 0.5) is 0 Å². The molecule has 1 fully saturated rings. The van der Waals surface area contributed by atoms with E-state index in [2.05, 4.69) is 12.2 Å². The molecule has 2 atom stereocenters. The first kappa shape index (κ1) is 17.5. The van der Waals surface area contributed by atoms with Crippen LogP contribution in [-0.2, 0) is 4.79 Å². The highest BCUT2D eigenvalue weighted by Gasteiger charge is 2.36. The van der Waals surface area contributed by atoms with E-state index < -0.39 is 6.04 Å². The minimum absolute atomic E-state index is 0. The summed E-state index contributed by atoms with van der Waals surface area (Å²) in [5.74, 6) is -0.376. The standard InChI is InChI=1S/C14H21N3O3.ClH/c1-10(16-12(18)11-3-6-20-7-11)13(19)17-5-4-14(2,8-15)9-17;/h3,6-7,10H,4-5,8-9,15H2,1-2H3,(H,16,18);1H. The Morgan fingerprint density at radius 1 is 1.57 bits per heavy atom. The van der Waals surface area contributed by atoms with E-state index in [9.17, 15) is 9.59 Å². The second kappa shape index (κ2) is 6.95. The monoisotopic (exact) mass is 315 g/mol. The van der Waals surface area contributed by atoms with Gasteiger partial charge < -0.3 is 20.4 Å². The van der Waals surface area contributed by atoms with Crippen LogP contribution in [-0.4, -0.2) is 42.4 Å². The van der Waals surface area contributed by atoms with Gasteiger partial charge in [-0.15, -0.1) is 12.4 Å². The third kappa shape index (κ3) is 3.98. The van der Waals surface area contributed by atoms with Crippen LogP contribution < -0.4 is 11.1 Å². The molecule has 1 aliphatic rings. The lowest BCUT2D eigenvalue weighted by Crippen LogP contribution is -2.47. The molecule has 1 aromatic rings. The van der Waals surface area contributed by atoms with Gasteiger partial charge in [0.15, 0.2) is 0 Å². The van der Waals surface area contributed by atoms with Crippen molar-refractivity contribution >= 4 is 24.2 Å². The van der Waals surface area contributed by atoms with Gasteiger partial charge >= 0.3 is 0 Å². The van der Waals surface area contributed by atoms with Crippen molar-refractivity contribution in [2.45, 2.75) is 26.3 Å². The van der Waals surface area contributed by atoms with Crippen LogP contribution in [0, 0.1) is 5.41 Å². The van der Waals surface area contributed by atoms with Gasteiger partial charge in [-0.1, -0.05) is 6.92 Å². The molecular weight excluding hydrogens is 294 g/mol. The summed E-state index contributed by atoms with van der Waals surface area (Å²) in [7, 11) is 0. The smallest absolute Gasteiger partial charge is 0.255 e. The first-order chi connectivity index (χ1) is 9.45. The fourth-order valence-electron chi connectivity index (χ4n) is 2.39. The summed E-state index contributed by atoms with van der Waals surface area (Å²) < 4.78 is 4.85. The maximum Gasteiger partial charge on any atom is 0.255 e. The second-order valence-corrected chi connectivity index (χ2v) is 5.73. The van der Waals surface area contributed by atoms with Crippen molar-refractivity contribution in [3.63, 3.8) is 0 Å². The van der Waals surface area contributed by atoms with Crippen LogP contribution in [0.2, 0.25) is 0 Å². The summed E-state index contributed by atoms with van der Waals surface area (Å²) in [5, 5.41) is 2.68. The number of furan rings is 1. The molecule has 0 bridgehead atoms. The number of halogens is 1. The Labute approximate surface area is 130 Å². The van der Waals surface area contributed by atoms with E-state index >= 15 is 0 Å². The lowest BCUT2D eigenvalue weighted by Gasteiger charge is -2.25. The van der Waals surface area contributed by atoms with Crippen LogP contribution in [0.3, 0.4) is 0 Å². The molecule has 0 aromatic carbocycles. The molecular formula is C14H22ClN3O3. The third-order valence-electron chi connectivity index (χ3n) is 3.86. The molecule has 21 heavy (non-hydrogen) atoms. The second-order valence-electron chi connectivity index (χ2n) is 5.73. The molecule has 2 rings (SSSR count). The molecule has 7 heteroatoms. The molecule has 1 aliphatic heterocycles. The first-order valence-corrected chi connectivity index (χ1v) is 6.77. The molecule has 2 heterocycles. The van der Waals surface area contributed by atoms with E-state index in [0.717, 1.165) is 6.42 Å². The number of amides is 2. The number of hydrogen-bond acceptors (Lipinski definition) is 4. The molecule has 2 unspecified atom stereocenters. The molecule has 0 radical (unpaired) electrons. The Morgan fingerprint density at radius 2 is 2.29 bits per heavy atom. The molecule has 2 amide bonds. The van der Waals surface area contributed by atoms with Gasteiger partial charge in [0, 0.05) is 13.1 Å². The maximum absolute atomic E-state index is 12.3. The zero-order chi connectivity index (χ0) is 14.8. The summed E-state index contributed by atoms with van der Waals surface area (Å²) in [6.45, 7) is 5.67. The van der Waals surface area contributed by atoms with Gasteiger partial charge in [-0.05, 0) is 31.4 Å². The fourth-order valence-corrected chi connectivity index (χ4v) is 2.39. The topological polar surface area (TPSA) is 88.6 Å². The lowest BCUT2D eigenvalue weighted by molar-refractivity contribution is -0.132. The van der Waals surface area contributed by atoms with Crippen molar-refractivity contribution in [1.82, 2.24) is 10.2 Å². The Hall–Kier alpha value is -1.53. The number of rotatable bonds is 4. The van der Waals surface area contributed by atoms with Gasteiger partial charge in [-0.2, -0.15) is 0 Å². The molecule has 118 valence electrons. The summed E-state index contributed by atoms with van der Waals surface area (Å²) in [6.07, 6.45) is 3.68. The van der Waals surface area contributed by atoms with E-state index in [1.54, 1.807) is 17.9 Å². The van der Waals surface area contributed by atoms with Crippen LogP contribution in [0.25, 0.3) is 0 Å².